The quantitative estimate of drug-likeness (QED) is 0.770. The Morgan fingerprint density at radius 1 is 1.23 bits per heavy atom. The van der Waals surface area contributed by atoms with Crippen LogP contribution in [0.4, 0.5) is 5.69 Å². The Labute approximate surface area is 124 Å². The highest BCUT2D eigenvalue weighted by Crippen LogP contribution is 2.18. The molecule has 0 fully saturated rings. The number of aromatic amines is 1. The first-order valence-electron chi connectivity index (χ1n) is 6.72. The molecule has 3 aromatic rings. The molecule has 0 spiro atoms. The SMILES string of the molecule is CCc1ccc(C(=O)Nc2ccc(-c3noc(=O)[nH]3)cc2)o1. The van der Waals surface area contributed by atoms with Gasteiger partial charge in [-0.25, -0.2) is 4.79 Å². The summed E-state index contributed by atoms with van der Waals surface area (Å²) in [5, 5.41) is 6.32. The van der Waals surface area contributed by atoms with Gasteiger partial charge < -0.3 is 9.73 Å². The third kappa shape index (κ3) is 2.83. The van der Waals surface area contributed by atoms with Crippen molar-refractivity contribution in [1.82, 2.24) is 10.1 Å². The van der Waals surface area contributed by atoms with E-state index < -0.39 is 5.76 Å². The van der Waals surface area contributed by atoms with E-state index in [1.807, 2.05) is 6.92 Å². The second-order valence-corrected chi connectivity index (χ2v) is 4.59. The number of amides is 1. The molecular formula is C15H13N3O4. The third-order valence-electron chi connectivity index (χ3n) is 3.09. The molecule has 2 heterocycles. The molecule has 2 aromatic heterocycles. The van der Waals surface area contributed by atoms with Gasteiger partial charge >= 0.3 is 5.76 Å². The topological polar surface area (TPSA) is 101 Å². The standard InChI is InChI=1S/C15H13N3O4/c1-2-11-7-8-12(21-11)14(19)16-10-5-3-9(4-6-10)13-17-15(20)22-18-13/h3-8H,2H2,1H3,(H,16,19)(H,17,18,20). The van der Waals surface area contributed by atoms with E-state index in [1.54, 1.807) is 36.4 Å². The van der Waals surface area contributed by atoms with Crippen LogP contribution in [0.2, 0.25) is 0 Å². The Morgan fingerprint density at radius 3 is 2.59 bits per heavy atom. The van der Waals surface area contributed by atoms with E-state index in [9.17, 15) is 9.59 Å². The summed E-state index contributed by atoms with van der Waals surface area (Å²) in [6, 6.07) is 10.2. The summed E-state index contributed by atoms with van der Waals surface area (Å²) in [5.41, 5.74) is 1.28. The summed E-state index contributed by atoms with van der Waals surface area (Å²) in [4.78, 5) is 25.4. The third-order valence-corrected chi connectivity index (χ3v) is 3.09. The molecule has 7 nitrogen and oxygen atoms in total. The first-order valence-corrected chi connectivity index (χ1v) is 6.72. The summed E-state index contributed by atoms with van der Waals surface area (Å²) in [6.07, 6.45) is 0.734. The Balaban J connectivity index is 1.73. The summed E-state index contributed by atoms with van der Waals surface area (Å²) in [5.74, 6) is 0.429. The van der Waals surface area contributed by atoms with E-state index in [0.717, 1.165) is 12.2 Å². The highest BCUT2D eigenvalue weighted by Gasteiger charge is 2.11. The van der Waals surface area contributed by atoms with E-state index in [-0.39, 0.29) is 11.7 Å². The van der Waals surface area contributed by atoms with Gasteiger partial charge in [0.15, 0.2) is 11.6 Å². The Morgan fingerprint density at radius 2 is 2.00 bits per heavy atom. The van der Waals surface area contributed by atoms with Crippen LogP contribution in [-0.2, 0) is 6.42 Å². The molecule has 0 aliphatic carbocycles. The first kappa shape index (κ1) is 13.9. The summed E-state index contributed by atoms with van der Waals surface area (Å²) < 4.78 is 9.83. The number of benzene rings is 1. The van der Waals surface area contributed by atoms with Gasteiger partial charge in [0.05, 0.1) is 0 Å². The molecule has 0 aliphatic rings. The predicted octanol–water partition coefficient (Wildman–Crippen LogP) is 2.44. The van der Waals surface area contributed by atoms with Crippen molar-refractivity contribution < 1.29 is 13.7 Å². The number of carbonyl (C=O) groups is 1. The van der Waals surface area contributed by atoms with Crippen LogP contribution in [0.3, 0.4) is 0 Å². The van der Waals surface area contributed by atoms with Crippen LogP contribution in [0.15, 0.2) is 50.1 Å². The minimum atomic E-state index is -0.614. The fourth-order valence-corrected chi connectivity index (χ4v) is 1.95. The average molecular weight is 299 g/mol. The van der Waals surface area contributed by atoms with Crippen LogP contribution in [0.1, 0.15) is 23.2 Å². The number of carbonyl (C=O) groups excluding carboxylic acids is 1. The monoisotopic (exact) mass is 299 g/mol. The number of aryl methyl sites for hydroxylation is 1. The number of nitrogens with one attached hydrogen (secondary N) is 2. The van der Waals surface area contributed by atoms with E-state index in [1.165, 1.54) is 0 Å². The normalized spacial score (nSPS) is 10.6. The second kappa shape index (κ2) is 5.72. The van der Waals surface area contributed by atoms with Gasteiger partial charge in [-0.05, 0) is 36.4 Å². The highest BCUT2D eigenvalue weighted by molar-refractivity contribution is 6.02. The molecule has 7 heteroatoms. The fraction of sp³-hybridized carbons (Fsp3) is 0.133. The van der Waals surface area contributed by atoms with Gasteiger partial charge in [-0.1, -0.05) is 12.1 Å². The van der Waals surface area contributed by atoms with Crippen molar-refractivity contribution in [2.45, 2.75) is 13.3 Å². The molecule has 0 aliphatic heterocycles. The predicted molar refractivity (Wildman–Crippen MR) is 78.6 cm³/mol. The van der Waals surface area contributed by atoms with Crippen molar-refractivity contribution >= 4 is 11.6 Å². The first-order chi connectivity index (χ1) is 10.7. The lowest BCUT2D eigenvalue weighted by Crippen LogP contribution is -2.10. The van der Waals surface area contributed by atoms with E-state index in [0.29, 0.717) is 17.1 Å². The zero-order valence-corrected chi connectivity index (χ0v) is 11.8. The van der Waals surface area contributed by atoms with E-state index >= 15 is 0 Å². The maximum atomic E-state index is 12.0. The van der Waals surface area contributed by atoms with Crippen LogP contribution in [0.5, 0.6) is 0 Å². The minimum absolute atomic E-state index is 0.266. The molecule has 112 valence electrons. The molecule has 0 saturated carbocycles. The van der Waals surface area contributed by atoms with E-state index in [4.69, 9.17) is 4.42 Å². The largest absolute Gasteiger partial charge is 0.456 e. The van der Waals surface area contributed by atoms with Gasteiger partial charge in [0.25, 0.3) is 5.91 Å². The fourth-order valence-electron chi connectivity index (χ4n) is 1.95. The van der Waals surface area contributed by atoms with Crippen molar-refractivity contribution in [2.24, 2.45) is 0 Å². The molecule has 3 rings (SSSR count). The van der Waals surface area contributed by atoms with Crippen LogP contribution in [0, 0.1) is 0 Å². The van der Waals surface area contributed by atoms with Gasteiger partial charge in [0, 0.05) is 17.7 Å². The molecule has 2 N–H and O–H groups in total. The Bertz CT molecular complexity index is 842. The maximum absolute atomic E-state index is 12.0. The molecule has 1 aromatic carbocycles. The molecule has 0 radical (unpaired) electrons. The summed E-state index contributed by atoms with van der Waals surface area (Å²) >= 11 is 0. The second-order valence-electron chi connectivity index (χ2n) is 4.59. The lowest BCUT2D eigenvalue weighted by atomic mass is 10.2. The van der Waals surface area contributed by atoms with Crippen LogP contribution >= 0.6 is 0 Å². The van der Waals surface area contributed by atoms with Gasteiger partial charge in [-0.15, -0.1) is 0 Å². The van der Waals surface area contributed by atoms with Crippen molar-refractivity contribution in [2.75, 3.05) is 5.32 Å². The zero-order chi connectivity index (χ0) is 15.5. The van der Waals surface area contributed by atoms with Crippen LogP contribution in [0.25, 0.3) is 11.4 Å². The van der Waals surface area contributed by atoms with Gasteiger partial charge in [-0.2, -0.15) is 0 Å². The smallest absolute Gasteiger partial charge is 0.439 e. The minimum Gasteiger partial charge on any atom is -0.456 e. The lowest BCUT2D eigenvalue weighted by Gasteiger charge is -2.03. The zero-order valence-electron chi connectivity index (χ0n) is 11.8. The van der Waals surface area contributed by atoms with Crippen molar-refractivity contribution in [3.8, 4) is 11.4 Å². The molecule has 0 atom stereocenters. The molecule has 0 saturated heterocycles. The number of H-pyrrole nitrogens is 1. The number of hydrogen-bond acceptors (Lipinski definition) is 5. The van der Waals surface area contributed by atoms with Gasteiger partial charge in [0.2, 0.25) is 0 Å². The average Bonchev–Trinajstić information content (AvgIpc) is 3.17. The number of furan rings is 1. The van der Waals surface area contributed by atoms with Gasteiger partial charge in [0.1, 0.15) is 5.76 Å². The van der Waals surface area contributed by atoms with Crippen LogP contribution < -0.4 is 11.1 Å². The van der Waals surface area contributed by atoms with Crippen molar-refractivity contribution in [1.29, 1.82) is 0 Å². The summed E-state index contributed by atoms with van der Waals surface area (Å²) in [7, 11) is 0. The molecule has 22 heavy (non-hydrogen) atoms. The highest BCUT2D eigenvalue weighted by atomic mass is 16.5. The van der Waals surface area contributed by atoms with E-state index in [2.05, 4.69) is 20.0 Å². The Hall–Kier alpha value is -3.09. The Kier molecular flexibility index (Phi) is 3.61. The number of nitrogens with zero attached hydrogens (tertiary/aromatic N) is 1. The number of rotatable bonds is 4. The maximum Gasteiger partial charge on any atom is 0.439 e. The van der Waals surface area contributed by atoms with Crippen molar-refractivity contribution in [3.63, 3.8) is 0 Å². The van der Waals surface area contributed by atoms with Crippen molar-refractivity contribution in [3.05, 3.63) is 58.5 Å². The lowest BCUT2D eigenvalue weighted by molar-refractivity contribution is 0.0995. The summed E-state index contributed by atoms with van der Waals surface area (Å²) in [6.45, 7) is 1.95. The number of aromatic nitrogens is 2. The number of hydrogen-bond donors (Lipinski definition) is 2. The molecular weight excluding hydrogens is 286 g/mol. The molecule has 1 amide bonds. The molecule has 0 unspecified atom stereocenters. The number of anilines is 1. The van der Waals surface area contributed by atoms with Gasteiger partial charge in [-0.3, -0.25) is 14.3 Å². The molecule has 0 bridgehead atoms. The van der Waals surface area contributed by atoms with Crippen LogP contribution in [-0.4, -0.2) is 16.0 Å².